The van der Waals surface area contributed by atoms with E-state index in [1.54, 1.807) is 10.9 Å². The second kappa shape index (κ2) is 6.42. The molecule has 3 rings (SSSR count). The van der Waals surface area contributed by atoms with Crippen LogP contribution in [0.4, 0.5) is 4.79 Å². The fourth-order valence-electron chi connectivity index (χ4n) is 2.70. The van der Waals surface area contributed by atoms with E-state index in [0.29, 0.717) is 6.54 Å². The Labute approximate surface area is 135 Å². The van der Waals surface area contributed by atoms with Crippen LogP contribution in [0.15, 0.2) is 42.7 Å². The van der Waals surface area contributed by atoms with E-state index < -0.39 is 5.60 Å². The van der Waals surface area contributed by atoms with Gasteiger partial charge in [0.05, 0.1) is 17.3 Å². The SMILES string of the molecule is CC(NC(=O)NCC1(O)CCC1)c1cccc(-n2cccn2)c1. The lowest BCUT2D eigenvalue weighted by Crippen LogP contribution is -2.50. The average molecular weight is 314 g/mol. The van der Waals surface area contributed by atoms with Crippen LogP contribution in [0.5, 0.6) is 0 Å². The number of aliphatic hydroxyl groups is 1. The summed E-state index contributed by atoms with van der Waals surface area (Å²) in [6, 6.07) is 9.35. The molecule has 1 aromatic heterocycles. The van der Waals surface area contributed by atoms with Crippen molar-refractivity contribution in [1.29, 1.82) is 0 Å². The van der Waals surface area contributed by atoms with E-state index in [0.717, 1.165) is 30.5 Å². The summed E-state index contributed by atoms with van der Waals surface area (Å²) in [5, 5.41) is 19.9. The maximum Gasteiger partial charge on any atom is 0.315 e. The molecule has 2 aromatic rings. The molecule has 1 unspecified atom stereocenters. The average Bonchev–Trinajstić information content (AvgIpc) is 3.05. The largest absolute Gasteiger partial charge is 0.388 e. The number of benzene rings is 1. The van der Waals surface area contributed by atoms with Crippen molar-refractivity contribution >= 4 is 6.03 Å². The smallest absolute Gasteiger partial charge is 0.315 e. The van der Waals surface area contributed by atoms with E-state index in [-0.39, 0.29) is 12.1 Å². The number of nitrogens with zero attached hydrogens (tertiary/aromatic N) is 2. The van der Waals surface area contributed by atoms with Gasteiger partial charge in [-0.1, -0.05) is 12.1 Å². The Bertz CT molecular complexity index is 665. The summed E-state index contributed by atoms with van der Waals surface area (Å²) < 4.78 is 1.78. The molecule has 1 aliphatic rings. The van der Waals surface area contributed by atoms with Crippen LogP contribution < -0.4 is 10.6 Å². The molecular formula is C17H22N4O2. The van der Waals surface area contributed by atoms with Gasteiger partial charge in [0.25, 0.3) is 0 Å². The molecule has 0 radical (unpaired) electrons. The minimum atomic E-state index is -0.708. The van der Waals surface area contributed by atoms with Crippen LogP contribution in [0.3, 0.4) is 0 Å². The molecule has 2 amide bonds. The Hall–Kier alpha value is -2.34. The molecule has 1 saturated carbocycles. The third kappa shape index (κ3) is 3.71. The fourth-order valence-corrected chi connectivity index (χ4v) is 2.70. The van der Waals surface area contributed by atoms with Gasteiger partial charge >= 0.3 is 6.03 Å². The highest BCUT2D eigenvalue weighted by Crippen LogP contribution is 2.30. The van der Waals surface area contributed by atoms with Crippen LogP contribution in [0.1, 0.15) is 37.8 Å². The molecule has 6 nitrogen and oxygen atoms in total. The van der Waals surface area contributed by atoms with E-state index in [1.165, 1.54) is 0 Å². The Morgan fingerprint density at radius 2 is 2.26 bits per heavy atom. The van der Waals surface area contributed by atoms with Crippen molar-refractivity contribution in [2.75, 3.05) is 6.54 Å². The van der Waals surface area contributed by atoms with Crippen molar-refractivity contribution in [3.8, 4) is 5.69 Å². The van der Waals surface area contributed by atoms with Gasteiger partial charge in [0.2, 0.25) is 0 Å². The molecule has 1 aliphatic carbocycles. The molecule has 0 spiro atoms. The van der Waals surface area contributed by atoms with Crippen LogP contribution in [0.2, 0.25) is 0 Å². The standard InChI is InChI=1S/C17H22N4O2/c1-13(20-16(22)18-12-17(23)7-3-8-17)14-5-2-6-15(11-14)21-10-4-9-19-21/h2,4-6,9-11,13,23H,3,7-8,12H2,1H3,(H2,18,20,22). The monoisotopic (exact) mass is 314 g/mol. The summed E-state index contributed by atoms with van der Waals surface area (Å²) in [5.41, 5.74) is 1.24. The lowest BCUT2D eigenvalue weighted by atomic mass is 9.80. The minimum absolute atomic E-state index is 0.137. The maximum atomic E-state index is 12.0. The number of rotatable bonds is 5. The summed E-state index contributed by atoms with van der Waals surface area (Å²) in [6.45, 7) is 2.23. The molecule has 3 N–H and O–H groups in total. The number of aromatic nitrogens is 2. The van der Waals surface area contributed by atoms with Crippen molar-refractivity contribution < 1.29 is 9.90 Å². The zero-order chi connectivity index (χ0) is 16.3. The van der Waals surface area contributed by atoms with E-state index >= 15 is 0 Å². The first-order valence-corrected chi connectivity index (χ1v) is 7.92. The summed E-state index contributed by atoms with van der Waals surface area (Å²) in [4.78, 5) is 12.0. The van der Waals surface area contributed by atoms with E-state index in [4.69, 9.17) is 0 Å². The number of carbonyl (C=O) groups excluding carboxylic acids is 1. The van der Waals surface area contributed by atoms with Gasteiger partial charge in [0, 0.05) is 18.9 Å². The van der Waals surface area contributed by atoms with Crippen LogP contribution in [0.25, 0.3) is 5.69 Å². The third-order valence-electron chi connectivity index (χ3n) is 4.35. The third-order valence-corrected chi connectivity index (χ3v) is 4.35. The number of hydrogen-bond donors (Lipinski definition) is 3. The Kier molecular flexibility index (Phi) is 4.34. The zero-order valence-electron chi connectivity index (χ0n) is 13.2. The topological polar surface area (TPSA) is 79.2 Å². The molecule has 1 heterocycles. The van der Waals surface area contributed by atoms with Crippen LogP contribution >= 0.6 is 0 Å². The quantitative estimate of drug-likeness (QED) is 0.791. The second-order valence-electron chi connectivity index (χ2n) is 6.17. The van der Waals surface area contributed by atoms with Gasteiger partial charge in [0.15, 0.2) is 0 Å². The van der Waals surface area contributed by atoms with Gasteiger partial charge in [-0.25, -0.2) is 9.48 Å². The van der Waals surface area contributed by atoms with Gasteiger partial charge in [-0.15, -0.1) is 0 Å². The maximum absolute atomic E-state index is 12.0. The number of carbonyl (C=O) groups is 1. The predicted molar refractivity (Wildman–Crippen MR) is 87.3 cm³/mol. The van der Waals surface area contributed by atoms with Crippen molar-refractivity contribution in [2.45, 2.75) is 37.8 Å². The first-order valence-electron chi connectivity index (χ1n) is 7.92. The van der Waals surface area contributed by atoms with Gasteiger partial charge in [-0.3, -0.25) is 0 Å². The van der Waals surface area contributed by atoms with Crippen LogP contribution in [-0.2, 0) is 0 Å². The van der Waals surface area contributed by atoms with Gasteiger partial charge in [-0.05, 0) is 49.9 Å². The molecule has 0 bridgehead atoms. The highest BCUT2D eigenvalue weighted by atomic mass is 16.3. The Balaban J connectivity index is 1.58. The molecular weight excluding hydrogens is 292 g/mol. The predicted octanol–water partition coefficient (Wildman–Crippen LogP) is 2.15. The molecule has 0 saturated heterocycles. The normalized spacial score (nSPS) is 17.1. The highest BCUT2D eigenvalue weighted by molar-refractivity contribution is 5.74. The summed E-state index contributed by atoms with van der Waals surface area (Å²) in [7, 11) is 0. The molecule has 1 fully saturated rings. The van der Waals surface area contributed by atoms with E-state index in [1.807, 2.05) is 43.5 Å². The van der Waals surface area contributed by atoms with Crippen LogP contribution in [-0.4, -0.2) is 33.1 Å². The lowest BCUT2D eigenvalue weighted by Gasteiger charge is -2.36. The molecule has 1 atom stereocenters. The van der Waals surface area contributed by atoms with Crippen molar-refractivity contribution in [3.05, 3.63) is 48.3 Å². The Morgan fingerprint density at radius 3 is 2.91 bits per heavy atom. The number of urea groups is 1. The summed E-state index contributed by atoms with van der Waals surface area (Å²) in [6.07, 6.45) is 6.15. The molecule has 0 aliphatic heterocycles. The summed E-state index contributed by atoms with van der Waals surface area (Å²) >= 11 is 0. The minimum Gasteiger partial charge on any atom is -0.388 e. The molecule has 1 aromatic carbocycles. The van der Waals surface area contributed by atoms with Gasteiger partial charge in [0.1, 0.15) is 0 Å². The molecule has 23 heavy (non-hydrogen) atoms. The van der Waals surface area contributed by atoms with Crippen LogP contribution in [0, 0.1) is 0 Å². The highest BCUT2D eigenvalue weighted by Gasteiger charge is 2.34. The van der Waals surface area contributed by atoms with Crippen molar-refractivity contribution in [3.63, 3.8) is 0 Å². The lowest BCUT2D eigenvalue weighted by molar-refractivity contribution is -0.0290. The Morgan fingerprint density at radius 1 is 1.43 bits per heavy atom. The number of nitrogens with one attached hydrogen (secondary N) is 2. The second-order valence-corrected chi connectivity index (χ2v) is 6.17. The van der Waals surface area contributed by atoms with Crippen molar-refractivity contribution in [1.82, 2.24) is 20.4 Å². The van der Waals surface area contributed by atoms with E-state index in [2.05, 4.69) is 15.7 Å². The fraction of sp³-hybridized carbons (Fsp3) is 0.412. The zero-order valence-corrected chi connectivity index (χ0v) is 13.2. The first-order chi connectivity index (χ1) is 11.1. The van der Waals surface area contributed by atoms with E-state index in [9.17, 15) is 9.90 Å². The number of hydrogen-bond acceptors (Lipinski definition) is 3. The van der Waals surface area contributed by atoms with Crippen molar-refractivity contribution in [2.24, 2.45) is 0 Å². The van der Waals surface area contributed by atoms with Gasteiger partial charge in [-0.2, -0.15) is 5.10 Å². The first kappa shape index (κ1) is 15.6. The molecule has 122 valence electrons. The molecule has 6 heteroatoms. The number of amides is 2. The van der Waals surface area contributed by atoms with Gasteiger partial charge < -0.3 is 15.7 Å². The summed E-state index contributed by atoms with van der Waals surface area (Å²) in [5.74, 6) is 0.